The van der Waals surface area contributed by atoms with Crippen molar-refractivity contribution in [1.29, 1.82) is 0 Å². The van der Waals surface area contributed by atoms with Crippen LogP contribution in [-0.2, 0) is 16.1 Å². The van der Waals surface area contributed by atoms with Gasteiger partial charge >= 0.3 is 5.97 Å². The van der Waals surface area contributed by atoms with Gasteiger partial charge < -0.3 is 19.5 Å². The van der Waals surface area contributed by atoms with Crippen LogP contribution in [0.5, 0.6) is 11.5 Å². The molecule has 1 aliphatic heterocycles. The van der Waals surface area contributed by atoms with E-state index in [9.17, 15) is 4.79 Å². The van der Waals surface area contributed by atoms with E-state index >= 15 is 0 Å². The molecule has 0 saturated carbocycles. The van der Waals surface area contributed by atoms with Crippen LogP contribution in [0.1, 0.15) is 24.1 Å². The van der Waals surface area contributed by atoms with Crippen LogP contribution in [0, 0.1) is 0 Å². The highest BCUT2D eigenvalue weighted by molar-refractivity contribution is 5.92. The summed E-state index contributed by atoms with van der Waals surface area (Å²) in [5, 5.41) is 7.47. The average Bonchev–Trinajstić information content (AvgIpc) is 3.24. The zero-order chi connectivity index (χ0) is 21.1. The molecule has 0 bridgehead atoms. The minimum atomic E-state index is -0.586. The van der Waals surface area contributed by atoms with Crippen molar-refractivity contribution in [2.24, 2.45) is 0 Å². The van der Waals surface area contributed by atoms with E-state index in [0.717, 1.165) is 11.1 Å². The maximum atomic E-state index is 13.2. The summed E-state index contributed by atoms with van der Waals surface area (Å²) in [6.45, 7) is 1.99. The number of hydrogen-bond donors (Lipinski definition) is 1. The molecular formula is C22H22N4O4. The van der Waals surface area contributed by atoms with E-state index in [1.807, 2.05) is 43.3 Å². The number of rotatable bonds is 6. The molecule has 154 valence electrons. The lowest BCUT2D eigenvalue weighted by Crippen LogP contribution is -2.30. The topological polar surface area (TPSA) is 87.5 Å². The smallest absolute Gasteiger partial charge is 0.338 e. The molecule has 3 aromatic rings. The van der Waals surface area contributed by atoms with E-state index in [1.54, 1.807) is 31.0 Å². The number of methoxy groups -OCH3 is 2. The van der Waals surface area contributed by atoms with Gasteiger partial charge in [0.15, 0.2) is 0 Å². The lowest BCUT2D eigenvalue weighted by Gasteiger charge is -2.29. The minimum Gasteiger partial charge on any atom is -0.497 e. The van der Waals surface area contributed by atoms with Crippen LogP contribution in [-0.4, -0.2) is 35.0 Å². The monoisotopic (exact) mass is 406 g/mol. The van der Waals surface area contributed by atoms with Crippen molar-refractivity contribution in [3.8, 4) is 11.5 Å². The number of anilines is 1. The fraction of sp³-hybridized carbons (Fsp3) is 0.227. The lowest BCUT2D eigenvalue weighted by molar-refractivity contribution is -0.140. The highest BCUT2D eigenvalue weighted by Gasteiger charge is 2.36. The molecule has 1 unspecified atom stereocenters. The third-order valence-electron chi connectivity index (χ3n) is 4.96. The summed E-state index contributed by atoms with van der Waals surface area (Å²) >= 11 is 0. The van der Waals surface area contributed by atoms with E-state index in [0.29, 0.717) is 28.7 Å². The Morgan fingerprint density at radius 1 is 1.13 bits per heavy atom. The van der Waals surface area contributed by atoms with Gasteiger partial charge in [0.05, 0.1) is 19.8 Å². The largest absolute Gasteiger partial charge is 0.497 e. The summed E-state index contributed by atoms with van der Waals surface area (Å²) in [5.41, 5.74) is 2.69. The molecule has 8 heteroatoms. The van der Waals surface area contributed by atoms with E-state index in [2.05, 4.69) is 15.4 Å². The molecule has 0 aliphatic carbocycles. The second-order valence-electron chi connectivity index (χ2n) is 6.76. The number of aromatic nitrogens is 3. The molecule has 1 aliphatic rings. The molecule has 1 N–H and O–H groups in total. The molecule has 1 atom stereocenters. The van der Waals surface area contributed by atoms with E-state index < -0.39 is 12.0 Å². The van der Waals surface area contributed by atoms with Gasteiger partial charge in [-0.1, -0.05) is 30.3 Å². The van der Waals surface area contributed by atoms with Gasteiger partial charge in [0.1, 0.15) is 30.5 Å². The summed E-state index contributed by atoms with van der Waals surface area (Å²) in [6, 6.07) is 14.4. The number of fused-ring (bicyclic) bond motifs is 1. The molecule has 0 amide bonds. The molecule has 2 aromatic carbocycles. The minimum absolute atomic E-state index is 0.169. The highest BCUT2D eigenvalue weighted by atomic mass is 16.5. The van der Waals surface area contributed by atoms with Crippen molar-refractivity contribution in [3.05, 3.63) is 77.3 Å². The molecule has 30 heavy (non-hydrogen) atoms. The van der Waals surface area contributed by atoms with Gasteiger partial charge in [-0.05, 0) is 30.7 Å². The van der Waals surface area contributed by atoms with Crippen LogP contribution in [0.2, 0.25) is 0 Å². The highest BCUT2D eigenvalue weighted by Crippen LogP contribution is 2.40. The number of benzene rings is 2. The molecule has 1 aromatic heterocycles. The molecule has 0 radical (unpaired) electrons. The van der Waals surface area contributed by atoms with Crippen LogP contribution in [0.3, 0.4) is 0 Å². The van der Waals surface area contributed by atoms with Gasteiger partial charge in [-0.15, -0.1) is 0 Å². The third kappa shape index (κ3) is 3.59. The van der Waals surface area contributed by atoms with E-state index in [1.165, 1.54) is 6.33 Å². The van der Waals surface area contributed by atoms with Crippen LogP contribution in [0.15, 0.2) is 66.1 Å². The fourth-order valence-corrected chi connectivity index (χ4v) is 3.50. The Kier molecular flexibility index (Phi) is 5.38. The molecule has 8 nitrogen and oxygen atoms in total. The predicted molar refractivity (Wildman–Crippen MR) is 110 cm³/mol. The normalized spacial score (nSPS) is 15.2. The first-order chi connectivity index (χ1) is 14.6. The first kappa shape index (κ1) is 19.5. The van der Waals surface area contributed by atoms with Crippen molar-refractivity contribution < 1.29 is 19.0 Å². The van der Waals surface area contributed by atoms with Crippen molar-refractivity contribution in [2.45, 2.75) is 19.6 Å². The predicted octanol–water partition coefficient (Wildman–Crippen LogP) is 3.33. The van der Waals surface area contributed by atoms with Crippen LogP contribution in [0.25, 0.3) is 0 Å². The van der Waals surface area contributed by atoms with Crippen molar-refractivity contribution in [3.63, 3.8) is 0 Å². The quantitative estimate of drug-likeness (QED) is 0.628. The number of hydrogen-bond acceptors (Lipinski definition) is 7. The van der Waals surface area contributed by atoms with Crippen molar-refractivity contribution in [1.82, 2.24) is 14.8 Å². The fourth-order valence-electron chi connectivity index (χ4n) is 3.50. The average molecular weight is 406 g/mol. The van der Waals surface area contributed by atoms with E-state index in [-0.39, 0.29) is 6.61 Å². The van der Waals surface area contributed by atoms with Gasteiger partial charge in [-0.25, -0.2) is 9.48 Å². The standard InChI is InChI=1S/C22H22N4O4/c1-14-19(21(27)30-12-15-7-5-4-6-8-15)20(26-22(25-14)23-13-24-26)17-11-16(28-2)9-10-18(17)29-3/h4-11,13,20H,12H2,1-3H3,(H,23,24,25). The Balaban J connectivity index is 1.75. The molecular weight excluding hydrogens is 384 g/mol. The van der Waals surface area contributed by atoms with Crippen molar-refractivity contribution in [2.75, 3.05) is 19.5 Å². The number of nitrogens with zero attached hydrogens (tertiary/aromatic N) is 3. The Hall–Kier alpha value is -3.81. The number of nitrogens with one attached hydrogen (secondary N) is 1. The number of carbonyl (C=O) groups is 1. The summed E-state index contributed by atoms with van der Waals surface area (Å²) in [7, 11) is 3.17. The summed E-state index contributed by atoms with van der Waals surface area (Å²) in [4.78, 5) is 17.4. The maximum absolute atomic E-state index is 13.2. The Morgan fingerprint density at radius 2 is 1.93 bits per heavy atom. The first-order valence-corrected chi connectivity index (χ1v) is 9.42. The summed E-state index contributed by atoms with van der Waals surface area (Å²) in [6.07, 6.45) is 1.44. The molecule has 2 heterocycles. The van der Waals surface area contributed by atoms with Gasteiger partial charge in [0.25, 0.3) is 0 Å². The summed E-state index contributed by atoms with van der Waals surface area (Å²) in [5.74, 6) is 1.33. The van der Waals surface area contributed by atoms with Crippen LogP contribution in [0.4, 0.5) is 5.95 Å². The van der Waals surface area contributed by atoms with E-state index in [4.69, 9.17) is 14.2 Å². The second kappa shape index (κ2) is 8.28. The Labute approximate surface area is 174 Å². The number of esters is 1. The lowest BCUT2D eigenvalue weighted by atomic mass is 9.94. The number of ether oxygens (including phenoxy) is 3. The van der Waals surface area contributed by atoms with Gasteiger partial charge in [-0.3, -0.25) is 0 Å². The second-order valence-corrected chi connectivity index (χ2v) is 6.76. The van der Waals surface area contributed by atoms with Crippen LogP contribution >= 0.6 is 0 Å². The van der Waals surface area contributed by atoms with Gasteiger partial charge in [-0.2, -0.15) is 10.1 Å². The zero-order valence-corrected chi connectivity index (χ0v) is 17.0. The van der Waals surface area contributed by atoms with Crippen LogP contribution < -0.4 is 14.8 Å². The Bertz CT molecular complexity index is 1090. The van der Waals surface area contributed by atoms with Gasteiger partial charge in [0, 0.05) is 11.3 Å². The molecule has 0 saturated heterocycles. The summed E-state index contributed by atoms with van der Waals surface area (Å²) < 4.78 is 18.2. The van der Waals surface area contributed by atoms with Crippen molar-refractivity contribution >= 4 is 11.9 Å². The maximum Gasteiger partial charge on any atom is 0.338 e. The third-order valence-corrected chi connectivity index (χ3v) is 4.96. The first-order valence-electron chi connectivity index (χ1n) is 9.42. The van der Waals surface area contributed by atoms with Gasteiger partial charge in [0.2, 0.25) is 5.95 Å². The molecule has 0 fully saturated rings. The molecule has 4 rings (SSSR count). The number of carbonyl (C=O) groups excluding carboxylic acids is 1. The molecule has 0 spiro atoms. The zero-order valence-electron chi connectivity index (χ0n) is 17.0. The Morgan fingerprint density at radius 3 is 2.67 bits per heavy atom. The number of allylic oxidation sites excluding steroid dienone is 1. The SMILES string of the molecule is COc1ccc(OC)c(C2C(C(=O)OCc3ccccc3)=C(C)Nc3ncnn32)c1.